The lowest BCUT2D eigenvalue weighted by atomic mass is 9.90. The molecule has 0 spiro atoms. The third-order valence-electron chi connectivity index (χ3n) is 6.35. The molecule has 4 rings (SSSR count). The molecule has 1 aromatic carbocycles. The van der Waals surface area contributed by atoms with Gasteiger partial charge in [-0.3, -0.25) is 9.79 Å². The lowest BCUT2D eigenvalue weighted by Gasteiger charge is -2.38. The Balaban J connectivity index is 1.58. The summed E-state index contributed by atoms with van der Waals surface area (Å²) in [7, 11) is -3.94. The van der Waals surface area contributed by atoms with Gasteiger partial charge in [0.15, 0.2) is 15.6 Å². The van der Waals surface area contributed by atoms with Crippen molar-refractivity contribution in [1.29, 1.82) is 0 Å². The van der Waals surface area contributed by atoms with Crippen LogP contribution in [0.2, 0.25) is 0 Å². The molecule has 1 aliphatic carbocycles. The lowest BCUT2D eigenvalue weighted by molar-refractivity contribution is 0.0987. The first-order chi connectivity index (χ1) is 16.0. The highest BCUT2D eigenvalue weighted by Crippen LogP contribution is 2.39. The summed E-state index contributed by atoms with van der Waals surface area (Å²) in [6, 6.07) is 3.70. The van der Waals surface area contributed by atoms with E-state index in [4.69, 9.17) is 10.5 Å². The third kappa shape index (κ3) is 4.53. The van der Waals surface area contributed by atoms with Gasteiger partial charge in [0, 0.05) is 12.0 Å². The molecule has 1 atom stereocenters. The van der Waals surface area contributed by atoms with Crippen LogP contribution in [-0.2, 0) is 21.8 Å². The number of alkyl halides is 1. The molecule has 1 aliphatic heterocycles. The van der Waals surface area contributed by atoms with Gasteiger partial charge in [-0.15, -0.1) is 0 Å². The molecule has 34 heavy (non-hydrogen) atoms. The molecule has 0 amide bonds. The van der Waals surface area contributed by atoms with Crippen molar-refractivity contribution in [2.45, 2.75) is 43.4 Å². The maximum absolute atomic E-state index is 14.8. The number of hydrogen-bond acceptors (Lipinski definition) is 8. The van der Waals surface area contributed by atoms with Crippen molar-refractivity contribution in [3.8, 4) is 5.88 Å². The van der Waals surface area contributed by atoms with E-state index >= 15 is 0 Å². The molecule has 2 aromatic rings. The molecule has 0 saturated heterocycles. The standard InChI is InChI=1S/C23H26F2N4O4S/c1-22(2)21(26)29-23(12-24,13-34(22,31)32)16-7-15(5-6-17(16)25)8-19(30)18-9-28-20(10-27-18)33-11-14-3-4-14/h5-7,9-10,14H,3-4,8,11-13H2,1-2H3,(H2,26,29)/t23-/m0/s1. The van der Waals surface area contributed by atoms with E-state index < -0.39 is 44.2 Å². The van der Waals surface area contributed by atoms with Crippen LogP contribution in [0.4, 0.5) is 8.78 Å². The van der Waals surface area contributed by atoms with Gasteiger partial charge in [0.2, 0.25) is 5.88 Å². The number of rotatable bonds is 8. The van der Waals surface area contributed by atoms with Gasteiger partial charge < -0.3 is 10.5 Å². The maximum atomic E-state index is 14.8. The van der Waals surface area contributed by atoms with Crippen LogP contribution >= 0.6 is 0 Å². The van der Waals surface area contributed by atoms with Crippen LogP contribution < -0.4 is 10.5 Å². The Morgan fingerprint density at radius 1 is 1.24 bits per heavy atom. The van der Waals surface area contributed by atoms with Crippen molar-refractivity contribution in [2.75, 3.05) is 19.0 Å². The number of hydrogen-bond donors (Lipinski definition) is 1. The molecule has 1 saturated carbocycles. The van der Waals surface area contributed by atoms with E-state index in [1.165, 1.54) is 38.4 Å². The second kappa shape index (κ2) is 8.68. The van der Waals surface area contributed by atoms with Crippen molar-refractivity contribution in [3.05, 3.63) is 53.2 Å². The normalized spacial score (nSPS) is 23.2. The monoisotopic (exact) mass is 492 g/mol. The Morgan fingerprint density at radius 2 is 1.97 bits per heavy atom. The zero-order valence-corrected chi connectivity index (χ0v) is 19.7. The van der Waals surface area contributed by atoms with Crippen molar-refractivity contribution in [1.82, 2.24) is 9.97 Å². The van der Waals surface area contributed by atoms with E-state index in [1.54, 1.807) is 0 Å². The molecular weight excluding hydrogens is 466 g/mol. The largest absolute Gasteiger partial charge is 0.476 e. The minimum absolute atomic E-state index is 0.0918. The van der Waals surface area contributed by atoms with E-state index in [-0.39, 0.29) is 23.5 Å². The molecule has 0 radical (unpaired) electrons. The van der Waals surface area contributed by atoms with Crippen molar-refractivity contribution >= 4 is 21.5 Å². The highest BCUT2D eigenvalue weighted by molar-refractivity contribution is 7.93. The predicted molar refractivity (Wildman–Crippen MR) is 122 cm³/mol. The van der Waals surface area contributed by atoms with Gasteiger partial charge in [-0.25, -0.2) is 27.2 Å². The average molecular weight is 493 g/mol. The molecule has 182 valence electrons. The van der Waals surface area contributed by atoms with Crippen molar-refractivity contribution in [2.24, 2.45) is 16.6 Å². The summed E-state index contributed by atoms with van der Waals surface area (Å²) < 4.78 is 58.7. The number of Topliss-reactive ketones (excluding diaryl/α,β-unsaturated/α-hetero) is 1. The highest BCUT2D eigenvalue weighted by atomic mass is 32.2. The van der Waals surface area contributed by atoms with Gasteiger partial charge >= 0.3 is 0 Å². The van der Waals surface area contributed by atoms with E-state index in [0.717, 1.165) is 18.9 Å². The van der Waals surface area contributed by atoms with Crippen LogP contribution in [0.3, 0.4) is 0 Å². The van der Waals surface area contributed by atoms with Gasteiger partial charge in [0.25, 0.3) is 0 Å². The van der Waals surface area contributed by atoms with Gasteiger partial charge in [0.1, 0.15) is 34.3 Å². The first kappa shape index (κ1) is 24.2. The molecule has 2 N–H and O–H groups in total. The summed E-state index contributed by atoms with van der Waals surface area (Å²) in [4.78, 5) is 25.0. The number of aromatic nitrogens is 2. The molecule has 8 nitrogen and oxygen atoms in total. The quantitative estimate of drug-likeness (QED) is 0.562. The summed E-state index contributed by atoms with van der Waals surface area (Å²) in [6.07, 6.45) is 4.77. The SMILES string of the molecule is CC1(C)C(N)=N[C@](CF)(c2cc(CC(=O)c3cnc(OCC4CC4)cn3)ccc2F)CS1(=O)=O. The number of amidine groups is 1. The molecule has 2 aliphatic rings. The zero-order chi connectivity index (χ0) is 24.7. The lowest BCUT2D eigenvalue weighted by Crippen LogP contribution is -2.56. The first-order valence-corrected chi connectivity index (χ1v) is 12.5. The van der Waals surface area contributed by atoms with E-state index in [2.05, 4.69) is 15.0 Å². The Morgan fingerprint density at radius 3 is 2.56 bits per heavy atom. The number of benzene rings is 1. The van der Waals surface area contributed by atoms with Crippen LogP contribution in [0.5, 0.6) is 5.88 Å². The summed E-state index contributed by atoms with van der Waals surface area (Å²) in [5, 5.41) is 0. The Bertz CT molecular complexity index is 1240. The molecular formula is C23H26F2N4O4S. The van der Waals surface area contributed by atoms with Gasteiger partial charge in [-0.05, 0) is 50.3 Å². The number of nitrogens with two attached hydrogens (primary N) is 1. The minimum atomic E-state index is -3.94. The first-order valence-electron chi connectivity index (χ1n) is 10.9. The van der Waals surface area contributed by atoms with Crippen LogP contribution in [-0.4, -0.2) is 53.8 Å². The minimum Gasteiger partial charge on any atom is -0.476 e. The summed E-state index contributed by atoms with van der Waals surface area (Å²) >= 11 is 0. The van der Waals surface area contributed by atoms with Crippen LogP contribution in [0.15, 0.2) is 35.6 Å². The van der Waals surface area contributed by atoms with E-state index in [0.29, 0.717) is 24.0 Å². The van der Waals surface area contributed by atoms with Gasteiger partial charge in [-0.2, -0.15) is 0 Å². The van der Waals surface area contributed by atoms with E-state index in [9.17, 15) is 22.0 Å². The number of sulfone groups is 1. The molecule has 2 heterocycles. The molecule has 0 bridgehead atoms. The second-order valence-corrected chi connectivity index (χ2v) is 11.9. The van der Waals surface area contributed by atoms with Crippen molar-refractivity contribution in [3.63, 3.8) is 0 Å². The number of carbonyl (C=O) groups is 1. The Labute approximate surface area is 196 Å². The number of carbonyl (C=O) groups excluding carboxylic acids is 1. The fourth-order valence-electron chi connectivity index (χ4n) is 3.67. The number of nitrogens with zero attached hydrogens (tertiary/aromatic N) is 3. The fourth-order valence-corrected chi connectivity index (χ4v) is 5.32. The fraction of sp³-hybridized carbons (Fsp3) is 0.478. The highest BCUT2D eigenvalue weighted by Gasteiger charge is 2.51. The molecule has 1 aromatic heterocycles. The van der Waals surface area contributed by atoms with Gasteiger partial charge in [0.05, 0.1) is 24.8 Å². The molecule has 1 fully saturated rings. The summed E-state index contributed by atoms with van der Waals surface area (Å²) in [5.74, 6) is -1.39. The second-order valence-electron chi connectivity index (χ2n) is 9.34. The smallest absolute Gasteiger partial charge is 0.232 e. The maximum Gasteiger partial charge on any atom is 0.232 e. The topological polar surface area (TPSA) is 125 Å². The number of aliphatic imine (C=N–C) groups is 1. The molecule has 0 unspecified atom stereocenters. The Hall–Kier alpha value is -2.95. The van der Waals surface area contributed by atoms with Gasteiger partial charge in [-0.1, -0.05) is 6.07 Å². The van der Waals surface area contributed by atoms with Crippen LogP contribution in [0.1, 0.15) is 48.3 Å². The third-order valence-corrected chi connectivity index (χ3v) is 8.97. The molecule has 11 heteroatoms. The zero-order valence-electron chi connectivity index (χ0n) is 18.9. The predicted octanol–water partition coefficient (Wildman–Crippen LogP) is 2.56. The summed E-state index contributed by atoms with van der Waals surface area (Å²) in [6.45, 7) is 2.04. The van der Waals surface area contributed by atoms with Crippen LogP contribution in [0.25, 0.3) is 0 Å². The van der Waals surface area contributed by atoms with Crippen molar-refractivity contribution < 1.29 is 26.7 Å². The number of ether oxygens (including phenoxy) is 1. The summed E-state index contributed by atoms with van der Waals surface area (Å²) in [5.41, 5.74) is 4.02. The average Bonchev–Trinajstić information content (AvgIpc) is 3.62. The number of halogens is 2. The van der Waals surface area contributed by atoms with Crippen LogP contribution in [0, 0.1) is 11.7 Å². The Kier molecular flexibility index (Phi) is 6.17. The van der Waals surface area contributed by atoms with E-state index in [1.807, 2.05) is 0 Å². The number of ketones is 1.